The molecule has 0 radical (unpaired) electrons. The van der Waals surface area contributed by atoms with Gasteiger partial charge in [0.15, 0.2) is 0 Å². The molecule has 1 saturated heterocycles. The molecule has 1 aromatic heterocycles. The number of aromatic carboxylic acids is 1. The van der Waals surface area contributed by atoms with E-state index in [0.29, 0.717) is 25.6 Å². The highest BCUT2D eigenvalue weighted by Gasteiger charge is 2.54. The summed E-state index contributed by atoms with van der Waals surface area (Å²) >= 11 is 0.939. The summed E-state index contributed by atoms with van der Waals surface area (Å²) in [6.45, 7) is 1.51. The predicted octanol–water partition coefficient (Wildman–Crippen LogP) is 1.88. The van der Waals surface area contributed by atoms with E-state index in [4.69, 9.17) is 9.84 Å². The Morgan fingerprint density at radius 3 is 2.64 bits per heavy atom. The van der Waals surface area contributed by atoms with Crippen molar-refractivity contribution in [1.29, 1.82) is 0 Å². The van der Waals surface area contributed by atoms with E-state index in [1.54, 1.807) is 7.11 Å². The van der Waals surface area contributed by atoms with Crippen LogP contribution in [0.1, 0.15) is 28.9 Å². The molecular weight excluding hydrogens is 326 g/mol. The third-order valence-corrected chi connectivity index (χ3v) is 7.65. The molecule has 2 heterocycles. The van der Waals surface area contributed by atoms with Gasteiger partial charge < -0.3 is 9.84 Å². The van der Waals surface area contributed by atoms with Gasteiger partial charge in [0.25, 0.3) is 0 Å². The number of ether oxygens (including phenoxy) is 1. The summed E-state index contributed by atoms with van der Waals surface area (Å²) in [6.07, 6.45) is 3.48. The number of carboxylic acid groups (broad SMARTS) is 1. The lowest BCUT2D eigenvalue weighted by Gasteiger charge is -2.55. The van der Waals surface area contributed by atoms with Crippen LogP contribution in [0.25, 0.3) is 0 Å². The van der Waals surface area contributed by atoms with E-state index in [1.807, 2.05) is 0 Å². The highest BCUT2D eigenvalue weighted by Crippen LogP contribution is 2.49. The van der Waals surface area contributed by atoms with Crippen molar-refractivity contribution in [2.75, 3.05) is 26.8 Å². The Morgan fingerprint density at radius 2 is 2.18 bits per heavy atom. The Kier molecular flexibility index (Phi) is 4.05. The normalized spacial score (nSPS) is 22.0. The Morgan fingerprint density at radius 1 is 1.50 bits per heavy atom. The Hall–Kier alpha value is -0.960. The van der Waals surface area contributed by atoms with Crippen molar-refractivity contribution in [2.45, 2.75) is 24.2 Å². The summed E-state index contributed by atoms with van der Waals surface area (Å²) in [5.41, 5.74) is -0.0638. The minimum atomic E-state index is -3.60. The number of methoxy groups -OCH3 is 1. The lowest BCUT2D eigenvalue weighted by Crippen LogP contribution is -2.64. The zero-order valence-electron chi connectivity index (χ0n) is 12.3. The van der Waals surface area contributed by atoms with Crippen LogP contribution in [0.2, 0.25) is 0 Å². The molecule has 0 unspecified atom stereocenters. The molecule has 6 nitrogen and oxygen atoms in total. The minimum absolute atomic E-state index is 0.0428. The van der Waals surface area contributed by atoms with Crippen LogP contribution in [0.5, 0.6) is 0 Å². The maximum Gasteiger partial charge on any atom is 0.345 e. The fourth-order valence-corrected chi connectivity index (χ4v) is 6.05. The summed E-state index contributed by atoms with van der Waals surface area (Å²) in [5.74, 6) is -0.561. The third kappa shape index (κ3) is 2.47. The molecule has 1 aliphatic carbocycles. The van der Waals surface area contributed by atoms with Crippen molar-refractivity contribution in [3.05, 3.63) is 16.3 Å². The highest BCUT2D eigenvalue weighted by atomic mass is 32.2. The van der Waals surface area contributed by atoms with Gasteiger partial charge in [-0.25, -0.2) is 13.2 Å². The van der Waals surface area contributed by atoms with Gasteiger partial charge in [0, 0.05) is 31.0 Å². The van der Waals surface area contributed by atoms with Crippen LogP contribution < -0.4 is 0 Å². The van der Waals surface area contributed by atoms with E-state index in [1.165, 1.54) is 22.2 Å². The number of rotatable bonds is 6. The van der Waals surface area contributed by atoms with Crippen LogP contribution in [0.3, 0.4) is 0 Å². The molecule has 2 aliphatic rings. The average Bonchev–Trinajstić information content (AvgIpc) is 2.83. The van der Waals surface area contributed by atoms with Crippen molar-refractivity contribution in [3.8, 4) is 0 Å². The second-order valence-corrected chi connectivity index (χ2v) is 9.00. The Bertz CT molecular complexity index is 671. The Labute approximate surface area is 133 Å². The zero-order valence-corrected chi connectivity index (χ0v) is 14.0. The monoisotopic (exact) mass is 345 g/mol. The second kappa shape index (κ2) is 5.59. The molecule has 22 heavy (non-hydrogen) atoms. The van der Waals surface area contributed by atoms with Gasteiger partial charge in [-0.2, -0.15) is 4.31 Å². The number of hydrogen-bond acceptors (Lipinski definition) is 5. The molecule has 0 spiro atoms. The summed E-state index contributed by atoms with van der Waals surface area (Å²) in [4.78, 5) is 11.0. The van der Waals surface area contributed by atoms with E-state index in [9.17, 15) is 13.2 Å². The highest BCUT2D eigenvalue weighted by molar-refractivity contribution is 7.89. The number of carbonyl (C=O) groups is 1. The fraction of sp³-hybridized carbons (Fsp3) is 0.643. The van der Waals surface area contributed by atoms with Gasteiger partial charge in [0.05, 0.1) is 11.5 Å². The maximum absolute atomic E-state index is 12.6. The van der Waals surface area contributed by atoms with Gasteiger partial charge in [0.2, 0.25) is 10.0 Å². The molecule has 0 bridgehead atoms. The largest absolute Gasteiger partial charge is 0.477 e. The molecule has 0 atom stereocenters. The first-order valence-electron chi connectivity index (χ1n) is 7.20. The predicted molar refractivity (Wildman–Crippen MR) is 81.7 cm³/mol. The van der Waals surface area contributed by atoms with E-state index >= 15 is 0 Å². The smallest absolute Gasteiger partial charge is 0.345 e. The van der Waals surface area contributed by atoms with Gasteiger partial charge >= 0.3 is 5.97 Å². The topological polar surface area (TPSA) is 83.9 Å². The quantitative estimate of drug-likeness (QED) is 0.851. The standard InChI is InChI=1S/C14H19NO5S2/c1-20-9-14(10-3-2-4-10)7-15(8-14)22(18,19)11-5-12(13(16)17)21-6-11/h5-6,10H,2-4,7-9H2,1H3,(H,16,17). The summed E-state index contributed by atoms with van der Waals surface area (Å²) in [7, 11) is -1.95. The first kappa shape index (κ1) is 15.9. The molecule has 1 aliphatic heterocycles. The molecule has 0 amide bonds. The van der Waals surface area contributed by atoms with Crippen LogP contribution in [0, 0.1) is 11.3 Å². The van der Waals surface area contributed by atoms with E-state index < -0.39 is 16.0 Å². The summed E-state index contributed by atoms with van der Waals surface area (Å²) < 4.78 is 31.9. The van der Waals surface area contributed by atoms with Crippen LogP contribution in [0.15, 0.2) is 16.3 Å². The van der Waals surface area contributed by atoms with Crippen molar-refractivity contribution in [2.24, 2.45) is 11.3 Å². The van der Waals surface area contributed by atoms with E-state index in [0.717, 1.165) is 24.2 Å². The van der Waals surface area contributed by atoms with Gasteiger partial charge in [-0.3, -0.25) is 0 Å². The van der Waals surface area contributed by atoms with Crippen LogP contribution in [-0.2, 0) is 14.8 Å². The van der Waals surface area contributed by atoms with Crippen molar-refractivity contribution in [3.63, 3.8) is 0 Å². The number of thiophene rings is 1. The molecule has 2 fully saturated rings. The minimum Gasteiger partial charge on any atom is -0.477 e. The number of hydrogen-bond donors (Lipinski definition) is 1. The summed E-state index contributed by atoms with van der Waals surface area (Å²) in [5, 5.41) is 10.3. The van der Waals surface area contributed by atoms with Crippen molar-refractivity contribution >= 4 is 27.3 Å². The molecule has 1 N–H and O–H groups in total. The van der Waals surface area contributed by atoms with E-state index in [-0.39, 0.29) is 15.2 Å². The third-order valence-electron chi connectivity index (χ3n) is 4.81. The van der Waals surface area contributed by atoms with Gasteiger partial charge in [-0.05, 0) is 24.8 Å². The summed E-state index contributed by atoms with van der Waals surface area (Å²) in [6, 6.07) is 1.24. The lowest BCUT2D eigenvalue weighted by molar-refractivity contribution is -0.0801. The van der Waals surface area contributed by atoms with Gasteiger partial charge in [-0.1, -0.05) is 6.42 Å². The molecule has 1 aromatic rings. The molecule has 8 heteroatoms. The molecule has 1 saturated carbocycles. The lowest BCUT2D eigenvalue weighted by atomic mass is 9.62. The van der Waals surface area contributed by atoms with Crippen molar-refractivity contribution in [1.82, 2.24) is 4.31 Å². The number of sulfonamides is 1. The van der Waals surface area contributed by atoms with Crippen LogP contribution in [-0.4, -0.2) is 50.6 Å². The van der Waals surface area contributed by atoms with E-state index in [2.05, 4.69) is 0 Å². The fourth-order valence-electron chi connectivity index (χ4n) is 3.32. The molecule has 3 rings (SSSR count). The SMILES string of the molecule is COCC1(C2CCC2)CN(S(=O)(=O)c2csc(C(=O)O)c2)C1. The van der Waals surface area contributed by atoms with Gasteiger partial charge in [0.1, 0.15) is 4.88 Å². The zero-order chi connectivity index (χ0) is 16.0. The maximum atomic E-state index is 12.6. The number of nitrogens with zero attached hydrogens (tertiary/aromatic N) is 1. The number of carboxylic acids is 1. The first-order valence-corrected chi connectivity index (χ1v) is 9.52. The molecule has 0 aromatic carbocycles. The van der Waals surface area contributed by atoms with Crippen molar-refractivity contribution < 1.29 is 23.1 Å². The average molecular weight is 345 g/mol. The first-order chi connectivity index (χ1) is 10.4. The van der Waals surface area contributed by atoms with Crippen LogP contribution in [0.4, 0.5) is 0 Å². The molecular formula is C14H19NO5S2. The second-order valence-electron chi connectivity index (χ2n) is 6.15. The van der Waals surface area contributed by atoms with Gasteiger partial charge in [-0.15, -0.1) is 11.3 Å². The Balaban J connectivity index is 1.75. The molecule has 122 valence electrons. The van der Waals surface area contributed by atoms with Crippen LogP contribution >= 0.6 is 11.3 Å².